The number of hydrogen-bond donors (Lipinski definition) is 0. The number of benzene rings is 2. The monoisotopic (exact) mass is 368 g/mol. The molecule has 1 saturated heterocycles. The molecule has 142 valence electrons. The maximum atomic E-state index is 13.0. The molecule has 4 nitrogen and oxygen atoms in total. The molecule has 27 heavy (non-hydrogen) atoms. The number of fused-ring (bicyclic) bond motifs is 3. The van der Waals surface area contributed by atoms with Crippen LogP contribution in [0.25, 0.3) is 0 Å². The van der Waals surface area contributed by atoms with E-state index in [-0.39, 0.29) is 11.2 Å². The molecule has 3 aliphatic heterocycles. The smallest absolute Gasteiger partial charge is 0.143 e. The lowest BCUT2D eigenvalue weighted by molar-refractivity contribution is 0.120. The number of halogens is 1. The van der Waals surface area contributed by atoms with Crippen molar-refractivity contribution in [2.45, 2.75) is 24.8 Å². The largest absolute Gasteiger partial charge is 0.492 e. The van der Waals surface area contributed by atoms with Crippen LogP contribution in [0.1, 0.15) is 18.9 Å². The van der Waals surface area contributed by atoms with Gasteiger partial charge in [0.1, 0.15) is 30.5 Å². The molecule has 0 spiro atoms. The van der Waals surface area contributed by atoms with Gasteiger partial charge in [-0.15, -0.1) is 0 Å². The molecule has 2 aromatic rings. The Hall–Kier alpha value is -2.27. The minimum absolute atomic E-state index is 0.118. The second-order valence-corrected chi connectivity index (χ2v) is 7.99. The quantitative estimate of drug-likeness (QED) is 0.825. The van der Waals surface area contributed by atoms with Crippen molar-refractivity contribution in [1.29, 1.82) is 0 Å². The number of likely N-dealkylation sites (tertiary alicyclic amines) is 1. The lowest BCUT2D eigenvalue weighted by Gasteiger charge is -2.45. The summed E-state index contributed by atoms with van der Waals surface area (Å²) >= 11 is 0. The summed E-state index contributed by atoms with van der Waals surface area (Å²) in [5.74, 6) is 1.53. The van der Waals surface area contributed by atoms with Crippen LogP contribution in [0.5, 0.6) is 11.5 Å². The first-order chi connectivity index (χ1) is 13.1. The third-order valence-electron chi connectivity index (χ3n) is 6.36. The van der Waals surface area contributed by atoms with Crippen LogP contribution in [0, 0.1) is 5.82 Å². The number of nitrogens with zero attached hydrogens (tertiary/aromatic N) is 2. The van der Waals surface area contributed by atoms with Gasteiger partial charge in [-0.3, -0.25) is 4.90 Å². The van der Waals surface area contributed by atoms with Gasteiger partial charge in [0.2, 0.25) is 0 Å². The van der Waals surface area contributed by atoms with Crippen LogP contribution < -0.4 is 14.4 Å². The highest BCUT2D eigenvalue weighted by atomic mass is 19.1. The van der Waals surface area contributed by atoms with Crippen LogP contribution in [0.4, 0.5) is 10.1 Å². The van der Waals surface area contributed by atoms with Gasteiger partial charge in [-0.25, -0.2) is 4.39 Å². The summed E-state index contributed by atoms with van der Waals surface area (Å²) in [5.41, 5.74) is 2.86. The number of ether oxygens (including phenoxy) is 2. The summed E-state index contributed by atoms with van der Waals surface area (Å²) in [6.45, 7) is 7.76. The van der Waals surface area contributed by atoms with Gasteiger partial charge in [-0.05, 0) is 42.3 Å². The zero-order chi connectivity index (χ0) is 18.4. The second-order valence-electron chi connectivity index (χ2n) is 7.99. The fourth-order valence-electron chi connectivity index (χ4n) is 5.12. The Kier molecular flexibility index (Phi) is 4.01. The van der Waals surface area contributed by atoms with Crippen molar-refractivity contribution in [2.24, 2.45) is 0 Å². The van der Waals surface area contributed by atoms with E-state index in [2.05, 4.69) is 34.9 Å². The molecular formula is C22H25FN2O2. The van der Waals surface area contributed by atoms with Crippen molar-refractivity contribution >= 4 is 5.69 Å². The van der Waals surface area contributed by atoms with Crippen molar-refractivity contribution < 1.29 is 13.9 Å². The Labute approximate surface area is 159 Å². The lowest BCUT2D eigenvalue weighted by atomic mass is 9.74. The summed E-state index contributed by atoms with van der Waals surface area (Å²) in [4.78, 5) is 5.08. The highest BCUT2D eigenvalue weighted by Gasteiger charge is 2.52. The van der Waals surface area contributed by atoms with Gasteiger partial charge >= 0.3 is 0 Å². The molecule has 1 fully saturated rings. The molecular weight excluding hydrogens is 343 g/mol. The molecule has 0 bridgehead atoms. The zero-order valence-electron chi connectivity index (χ0n) is 15.7. The first kappa shape index (κ1) is 16.9. The molecule has 0 aromatic heterocycles. The first-order valence-electron chi connectivity index (χ1n) is 9.79. The van der Waals surface area contributed by atoms with Gasteiger partial charge in [-0.2, -0.15) is 0 Å². The molecule has 3 aliphatic rings. The van der Waals surface area contributed by atoms with Crippen LogP contribution in [-0.4, -0.2) is 50.3 Å². The first-order valence-corrected chi connectivity index (χ1v) is 9.79. The Balaban J connectivity index is 1.29. The standard InChI is InChI=1S/C22H25FN2O2/c1-22-15-24(11-13-26-17-7-5-16(23)6-8-17)10-9-20(22)25-12-14-27-19-4-2-3-18(22)21(19)25/h2-8,20H,9-15H2,1H3/t20-,22-/m0/s1. The molecule has 0 N–H and O–H groups in total. The molecule has 5 rings (SSSR count). The number of piperidine rings is 1. The molecule has 5 heteroatoms. The van der Waals surface area contributed by atoms with E-state index in [1.165, 1.54) is 23.4 Å². The summed E-state index contributed by atoms with van der Waals surface area (Å²) in [6, 6.07) is 13.3. The van der Waals surface area contributed by atoms with Gasteiger partial charge in [0.05, 0.1) is 12.2 Å². The predicted octanol–water partition coefficient (Wildman–Crippen LogP) is 3.45. The Bertz CT molecular complexity index is 841. The van der Waals surface area contributed by atoms with E-state index >= 15 is 0 Å². The van der Waals surface area contributed by atoms with Gasteiger partial charge < -0.3 is 14.4 Å². The molecule has 3 heterocycles. The molecule has 0 amide bonds. The maximum Gasteiger partial charge on any atom is 0.143 e. The topological polar surface area (TPSA) is 24.9 Å². The average Bonchev–Trinajstić information content (AvgIpc) is 2.94. The third kappa shape index (κ3) is 2.76. The van der Waals surface area contributed by atoms with E-state index < -0.39 is 0 Å². The van der Waals surface area contributed by atoms with E-state index in [4.69, 9.17) is 9.47 Å². The molecule has 0 saturated carbocycles. The van der Waals surface area contributed by atoms with Gasteiger partial charge in [0.25, 0.3) is 0 Å². The second kappa shape index (κ2) is 6.41. The highest BCUT2D eigenvalue weighted by molar-refractivity contribution is 5.73. The molecule has 2 aromatic carbocycles. The molecule has 0 unspecified atom stereocenters. The number of rotatable bonds is 4. The fraction of sp³-hybridized carbons (Fsp3) is 0.455. The average molecular weight is 368 g/mol. The third-order valence-corrected chi connectivity index (χ3v) is 6.36. The SMILES string of the molecule is C[C@@]12CN(CCOc3ccc(F)cc3)CC[C@@H]1N1CCOc3cccc2c31. The van der Waals surface area contributed by atoms with E-state index in [1.807, 2.05) is 0 Å². The highest BCUT2D eigenvalue weighted by Crippen LogP contribution is 2.53. The normalized spacial score (nSPS) is 26.3. The minimum Gasteiger partial charge on any atom is -0.492 e. The van der Waals surface area contributed by atoms with E-state index in [9.17, 15) is 4.39 Å². The summed E-state index contributed by atoms with van der Waals surface area (Å²) in [7, 11) is 0. The van der Waals surface area contributed by atoms with Crippen molar-refractivity contribution in [3.8, 4) is 11.5 Å². The van der Waals surface area contributed by atoms with Gasteiger partial charge in [0.15, 0.2) is 0 Å². The fourth-order valence-corrected chi connectivity index (χ4v) is 5.12. The lowest BCUT2D eigenvalue weighted by Crippen LogP contribution is -2.56. The summed E-state index contributed by atoms with van der Waals surface area (Å²) in [6.07, 6.45) is 1.15. The molecule has 0 radical (unpaired) electrons. The van der Waals surface area contributed by atoms with Crippen molar-refractivity contribution in [3.05, 3.63) is 53.8 Å². The Morgan fingerprint density at radius 3 is 2.89 bits per heavy atom. The van der Waals surface area contributed by atoms with Crippen molar-refractivity contribution in [1.82, 2.24) is 4.90 Å². The van der Waals surface area contributed by atoms with Gasteiger partial charge in [-0.1, -0.05) is 19.1 Å². The van der Waals surface area contributed by atoms with E-state index in [0.717, 1.165) is 50.7 Å². The van der Waals surface area contributed by atoms with E-state index in [1.54, 1.807) is 12.1 Å². The Morgan fingerprint density at radius 1 is 1.19 bits per heavy atom. The molecule has 2 atom stereocenters. The molecule has 0 aliphatic carbocycles. The van der Waals surface area contributed by atoms with Crippen molar-refractivity contribution in [3.63, 3.8) is 0 Å². The summed E-state index contributed by atoms with van der Waals surface area (Å²) in [5, 5.41) is 0. The summed E-state index contributed by atoms with van der Waals surface area (Å²) < 4.78 is 24.7. The number of para-hydroxylation sites is 1. The van der Waals surface area contributed by atoms with Crippen LogP contribution in [0.2, 0.25) is 0 Å². The number of anilines is 1. The number of hydrogen-bond acceptors (Lipinski definition) is 4. The van der Waals surface area contributed by atoms with Crippen LogP contribution in [-0.2, 0) is 5.41 Å². The van der Waals surface area contributed by atoms with E-state index in [0.29, 0.717) is 12.6 Å². The van der Waals surface area contributed by atoms with Crippen LogP contribution >= 0.6 is 0 Å². The zero-order valence-corrected chi connectivity index (χ0v) is 15.7. The van der Waals surface area contributed by atoms with Crippen LogP contribution in [0.3, 0.4) is 0 Å². The van der Waals surface area contributed by atoms with Crippen LogP contribution in [0.15, 0.2) is 42.5 Å². The van der Waals surface area contributed by atoms with Gasteiger partial charge in [0, 0.05) is 31.1 Å². The predicted molar refractivity (Wildman–Crippen MR) is 103 cm³/mol. The van der Waals surface area contributed by atoms with Crippen molar-refractivity contribution in [2.75, 3.05) is 44.3 Å². The minimum atomic E-state index is -0.234. The Morgan fingerprint density at radius 2 is 2.04 bits per heavy atom. The maximum absolute atomic E-state index is 13.0.